The maximum absolute atomic E-state index is 12.9. The normalized spacial score (nSPS) is 11.6. The number of hydrogen-bond acceptors (Lipinski definition) is 5. The minimum Gasteiger partial charge on any atom is -0.494 e. The van der Waals surface area contributed by atoms with Gasteiger partial charge in [0, 0.05) is 0 Å². The Hall–Kier alpha value is -3.31. The smallest absolute Gasteiger partial charge is 0.343 e. The third kappa shape index (κ3) is 9.43. The quantitative estimate of drug-likeness (QED) is 0.107. The van der Waals surface area contributed by atoms with Gasteiger partial charge in [0.15, 0.2) is 0 Å². The van der Waals surface area contributed by atoms with Gasteiger partial charge in [-0.2, -0.15) is 0 Å². The number of rotatable bonds is 15. The van der Waals surface area contributed by atoms with Gasteiger partial charge in [-0.3, -0.25) is 0 Å². The summed E-state index contributed by atoms with van der Waals surface area (Å²) in [5, 5.41) is 0.171. The number of esters is 2. The highest BCUT2D eigenvalue weighted by Crippen LogP contribution is 2.29. The van der Waals surface area contributed by atoms with Crippen molar-refractivity contribution in [2.24, 2.45) is 5.92 Å². The van der Waals surface area contributed by atoms with Gasteiger partial charge in [-0.1, -0.05) is 101 Å². The molecule has 0 N–H and O–H groups in total. The molecule has 0 radical (unpaired) electrons. The largest absolute Gasteiger partial charge is 0.494 e. The van der Waals surface area contributed by atoms with Gasteiger partial charge in [0.2, 0.25) is 0 Å². The van der Waals surface area contributed by atoms with Crippen LogP contribution in [0.25, 0.3) is 11.1 Å². The predicted octanol–water partition coefficient (Wildman–Crippen LogP) is 9.17. The highest BCUT2D eigenvalue weighted by Gasteiger charge is 2.21. The number of benzene rings is 3. The Balaban J connectivity index is 1.57. The molecule has 0 fully saturated rings. The van der Waals surface area contributed by atoms with Gasteiger partial charge in [0.25, 0.3) is 0 Å². The van der Waals surface area contributed by atoms with Crippen molar-refractivity contribution in [3.05, 3.63) is 82.9 Å². The number of carbonyl (C=O) groups is 2. The summed E-state index contributed by atoms with van der Waals surface area (Å²) < 4.78 is 16.8. The van der Waals surface area contributed by atoms with Crippen LogP contribution in [-0.2, 0) is 4.74 Å². The molecule has 3 rings (SSSR count). The van der Waals surface area contributed by atoms with E-state index in [1.165, 1.54) is 38.2 Å². The first-order valence-corrected chi connectivity index (χ1v) is 14.3. The van der Waals surface area contributed by atoms with Gasteiger partial charge in [0.05, 0.1) is 23.8 Å². The zero-order chi connectivity index (χ0) is 28.0. The molecule has 0 aromatic heterocycles. The van der Waals surface area contributed by atoms with E-state index in [4.69, 9.17) is 25.8 Å². The maximum atomic E-state index is 12.9. The van der Waals surface area contributed by atoms with Crippen molar-refractivity contribution in [3.63, 3.8) is 0 Å². The molecular weight excluding hydrogens is 512 g/mol. The molecule has 0 aliphatic rings. The summed E-state index contributed by atoms with van der Waals surface area (Å²) in [6.45, 7) is 7.23. The average molecular weight is 551 g/mol. The van der Waals surface area contributed by atoms with Crippen molar-refractivity contribution in [1.82, 2.24) is 0 Å². The second-order valence-electron chi connectivity index (χ2n) is 9.83. The van der Waals surface area contributed by atoms with Gasteiger partial charge < -0.3 is 14.2 Å². The van der Waals surface area contributed by atoms with Gasteiger partial charge in [-0.15, -0.1) is 0 Å². The SMILES string of the molecule is CCCCCCCCOc1ccc(-c2ccc(C(=O)Oc3cccc(Cl)c3C(=O)OCC(C)CC)cc2)cc1. The van der Waals surface area contributed by atoms with Crippen molar-refractivity contribution in [2.75, 3.05) is 13.2 Å². The predicted molar refractivity (Wildman–Crippen MR) is 157 cm³/mol. The molecular formula is C33H39ClO5. The first kappa shape index (κ1) is 30.2. The molecule has 0 saturated heterocycles. The summed E-state index contributed by atoms with van der Waals surface area (Å²) >= 11 is 6.26. The maximum Gasteiger partial charge on any atom is 0.343 e. The van der Waals surface area contributed by atoms with Crippen LogP contribution >= 0.6 is 11.6 Å². The van der Waals surface area contributed by atoms with E-state index >= 15 is 0 Å². The van der Waals surface area contributed by atoms with Crippen molar-refractivity contribution in [3.8, 4) is 22.6 Å². The van der Waals surface area contributed by atoms with Crippen LogP contribution in [0.5, 0.6) is 11.5 Å². The summed E-state index contributed by atoms with van der Waals surface area (Å²) in [4.78, 5) is 25.5. The van der Waals surface area contributed by atoms with Crippen LogP contribution in [0.15, 0.2) is 66.7 Å². The van der Waals surface area contributed by atoms with Crippen LogP contribution < -0.4 is 9.47 Å². The third-order valence-corrected chi connectivity index (χ3v) is 6.97. The lowest BCUT2D eigenvalue weighted by molar-refractivity contribution is 0.0442. The van der Waals surface area contributed by atoms with E-state index in [1.54, 1.807) is 24.3 Å². The number of hydrogen-bond donors (Lipinski definition) is 0. The highest BCUT2D eigenvalue weighted by atomic mass is 35.5. The van der Waals surface area contributed by atoms with Gasteiger partial charge in [-0.25, -0.2) is 9.59 Å². The van der Waals surface area contributed by atoms with Gasteiger partial charge in [-0.05, 0) is 59.9 Å². The lowest BCUT2D eigenvalue weighted by Gasteiger charge is -2.13. The van der Waals surface area contributed by atoms with E-state index in [2.05, 4.69) is 6.92 Å². The third-order valence-electron chi connectivity index (χ3n) is 6.65. The molecule has 5 nitrogen and oxygen atoms in total. The molecule has 6 heteroatoms. The van der Waals surface area contributed by atoms with Crippen molar-refractivity contribution in [1.29, 1.82) is 0 Å². The Kier molecular flexibility index (Phi) is 12.4. The standard InChI is InChI=1S/C33H39ClO5/c1-4-6-7-8-9-10-22-37-28-20-18-26(19-21-28)25-14-16-27(17-15-25)32(35)39-30-13-11-12-29(34)31(30)33(36)38-23-24(3)5-2/h11-21,24H,4-10,22-23H2,1-3H3. The van der Waals surface area contributed by atoms with E-state index < -0.39 is 11.9 Å². The van der Waals surface area contributed by atoms with Crippen molar-refractivity contribution < 1.29 is 23.8 Å². The zero-order valence-electron chi connectivity index (χ0n) is 23.2. The Morgan fingerprint density at radius 1 is 0.795 bits per heavy atom. The molecule has 0 heterocycles. The molecule has 0 spiro atoms. The van der Waals surface area contributed by atoms with E-state index in [0.717, 1.165) is 36.3 Å². The fourth-order valence-electron chi connectivity index (χ4n) is 3.97. The second-order valence-corrected chi connectivity index (χ2v) is 10.2. The molecule has 1 atom stereocenters. The molecule has 0 saturated carbocycles. The molecule has 3 aromatic rings. The molecule has 3 aromatic carbocycles. The van der Waals surface area contributed by atoms with E-state index in [0.29, 0.717) is 5.56 Å². The molecule has 0 bridgehead atoms. The van der Waals surface area contributed by atoms with Gasteiger partial charge >= 0.3 is 11.9 Å². The Labute approximate surface area is 237 Å². The summed E-state index contributed by atoms with van der Waals surface area (Å²) in [7, 11) is 0. The highest BCUT2D eigenvalue weighted by molar-refractivity contribution is 6.34. The minimum atomic E-state index is -0.613. The Morgan fingerprint density at radius 3 is 2.10 bits per heavy atom. The van der Waals surface area contributed by atoms with Crippen LogP contribution in [0.2, 0.25) is 5.02 Å². The topological polar surface area (TPSA) is 61.8 Å². The van der Waals surface area contributed by atoms with Crippen LogP contribution in [0, 0.1) is 5.92 Å². The lowest BCUT2D eigenvalue weighted by Crippen LogP contribution is -2.15. The minimum absolute atomic E-state index is 0.0474. The first-order valence-electron chi connectivity index (χ1n) is 13.9. The number of ether oxygens (including phenoxy) is 3. The zero-order valence-corrected chi connectivity index (χ0v) is 24.0. The number of carbonyl (C=O) groups excluding carboxylic acids is 2. The van der Waals surface area contributed by atoms with Crippen LogP contribution in [0.4, 0.5) is 0 Å². The summed E-state index contributed by atoms with van der Waals surface area (Å²) in [5.74, 6) is -0.0544. The fourth-order valence-corrected chi connectivity index (χ4v) is 4.21. The van der Waals surface area contributed by atoms with Gasteiger partial charge in [0.1, 0.15) is 17.1 Å². The molecule has 0 aliphatic carbocycles. The van der Waals surface area contributed by atoms with E-state index in [9.17, 15) is 9.59 Å². The van der Waals surface area contributed by atoms with Crippen molar-refractivity contribution >= 4 is 23.5 Å². The van der Waals surface area contributed by atoms with E-state index in [1.807, 2.05) is 50.2 Å². The van der Waals surface area contributed by atoms with Crippen LogP contribution in [0.1, 0.15) is 86.4 Å². The second kappa shape index (κ2) is 15.9. The molecule has 0 amide bonds. The molecule has 39 heavy (non-hydrogen) atoms. The number of unbranched alkanes of at least 4 members (excludes halogenated alkanes) is 5. The van der Waals surface area contributed by atoms with Crippen LogP contribution in [-0.4, -0.2) is 25.2 Å². The first-order chi connectivity index (χ1) is 18.9. The fraction of sp³-hybridized carbons (Fsp3) is 0.394. The average Bonchev–Trinajstić information content (AvgIpc) is 2.95. The Bertz CT molecular complexity index is 1190. The van der Waals surface area contributed by atoms with E-state index in [-0.39, 0.29) is 28.9 Å². The Morgan fingerprint density at radius 2 is 1.44 bits per heavy atom. The molecule has 1 unspecified atom stereocenters. The van der Waals surface area contributed by atoms with Crippen LogP contribution in [0.3, 0.4) is 0 Å². The molecule has 0 aliphatic heterocycles. The summed E-state index contributed by atoms with van der Waals surface area (Å²) in [6.07, 6.45) is 8.29. The lowest BCUT2D eigenvalue weighted by atomic mass is 10.0. The van der Waals surface area contributed by atoms with Crippen molar-refractivity contribution in [2.45, 2.75) is 65.7 Å². The summed E-state index contributed by atoms with van der Waals surface area (Å²) in [6, 6.07) is 19.8. The molecule has 208 valence electrons. The monoisotopic (exact) mass is 550 g/mol. The summed E-state index contributed by atoms with van der Waals surface area (Å²) in [5.41, 5.74) is 2.39. The number of halogens is 1.